The van der Waals surface area contributed by atoms with Crippen LogP contribution in [0.3, 0.4) is 0 Å². The molecule has 3 heteroatoms. The number of benzene rings is 1. The van der Waals surface area contributed by atoms with Crippen LogP contribution in [-0.4, -0.2) is 28.3 Å². The summed E-state index contributed by atoms with van der Waals surface area (Å²) in [5, 5.41) is 0.855. The maximum atomic E-state index is 3.15. The molecule has 0 atom stereocenters. The molecular formula is C13H17BrMgS. The second kappa shape index (κ2) is 9.81. The second-order valence-corrected chi connectivity index (χ2v) is 5.34. The van der Waals surface area contributed by atoms with Crippen LogP contribution in [0, 0.1) is 6.07 Å². The van der Waals surface area contributed by atoms with Crippen molar-refractivity contribution in [2.24, 2.45) is 0 Å². The number of halogens is 1. The normalized spacial score (nSPS) is 16.8. The van der Waals surface area contributed by atoms with Crippen molar-refractivity contribution < 1.29 is 17.0 Å². The first-order valence-corrected chi connectivity index (χ1v) is 6.46. The summed E-state index contributed by atoms with van der Waals surface area (Å²) in [5.74, 6) is 0. The Bertz CT molecular complexity index is 258. The van der Waals surface area contributed by atoms with E-state index in [1.165, 1.54) is 43.4 Å². The molecule has 1 aliphatic carbocycles. The molecule has 1 aliphatic rings. The molecule has 1 aromatic rings. The maximum Gasteiger partial charge on any atom is 2.00 e. The topological polar surface area (TPSA) is 0 Å². The van der Waals surface area contributed by atoms with Crippen LogP contribution in [-0.2, 0) is 0 Å². The predicted octanol–water partition coefficient (Wildman–Crippen LogP) is 0.925. The molecular weight excluding hydrogens is 292 g/mol. The van der Waals surface area contributed by atoms with Crippen LogP contribution < -0.4 is 17.0 Å². The molecule has 0 amide bonds. The second-order valence-electron chi connectivity index (χ2n) is 3.97. The Morgan fingerprint density at radius 1 is 1.12 bits per heavy atom. The van der Waals surface area contributed by atoms with Gasteiger partial charge >= 0.3 is 23.1 Å². The maximum absolute atomic E-state index is 3.15. The summed E-state index contributed by atoms with van der Waals surface area (Å²) < 4.78 is 0. The smallest absolute Gasteiger partial charge is 1.00 e. The van der Waals surface area contributed by atoms with Gasteiger partial charge < -0.3 is 17.0 Å². The summed E-state index contributed by atoms with van der Waals surface area (Å²) in [4.78, 5) is 1.39. The van der Waals surface area contributed by atoms with E-state index in [9.17, 15) is 0 Å². The Morgan fingerprint density at radius 3 is 2.38 bits per heavy atom. The van der Waals surface area contributed by atoms with Crippen molar-refractivity contribution in [3.63, 3.8) is 0 Å². The number of rotatable bonds is 2. The Morgan fingerprint density at radius 2 is 1.81 bits per heavy atom. The molecule has 84 valence electrons. The Hall–Kier alpha value is 0.816. The molecule has 0 bridgehead atoms. The van der Waals surface area contributed by atoms with E-state index in [1.54, 1.807) is 0 Å². The van der Waals surface area contributed by atoms with Crippen LogP contribution >= 0.6 is 11.8 Å². The summed E-state index contributed by atoms with van der Waals surface area (Å²) in [6.45, 7) is 0. The van der Waals surface area contributed by atoms with Gasteiger partial charge in [-0.1, -0.05) is 25.7 Å². The zero-order chi connectivity index (χ0) is 9.64. The van der Waals surface area contributed by atoms with Crippen molar-refractivity contribution in [1.82, 2.24) is 0 Å². The minimum atomic E-state index is 0. The van der Waals surface area contributed by atoms with Crippen molar-refractivity contribution >= 4 is 34.8 Å². The van der Waals surface area contributed by atoms with Gasteiger partial charge in [0.05, 0.1) is 0 Å². The predicted molar refractivity (Wildman–Crippen MR) is 68.4 cm³/mol. The minimum Gasteiger partial charge on any atom is -1.00 e. The Kier molecular flexibility index (Phi) is 10.3. The molecule has 2 rings (SSSR count). The van der Waals surface area contributed by atoms with Crippen molar-refractivity contribution in [3.05, 3.63) is 30.3 Å². The summed E-state index contributed by atoms with van der Waals surface area (Å²) in [5.41, 5.74) is 0. The summed E-state index contributed by atoms with van der Waals surface area (Å²) >= 11 is 2.05. The van der Waals surface area contributed by atoms with E-state index in [1.807, 2.05) is 17.8 Å². The fourth-order valence-electron chi connectivity index (χ4n) is 2.00. The van der Waals surface area contributed by atoms with Gasteiger partial charge in [-0.25, -0.2) is 0 Å². The third-order valence-electron chi connectivity index (χ3n) is 2.78. The van der Waals surface area contributed by atoms with Crippen LogP contribution in [0.15, 0.2) is 29.2 Å². The van der Waals surface area contributed by atoms with Crippen molar-refractivity contribution in [1.29, 1.82) is 0 Å². The quantitative estimate of drug-likeness (QED) is 0.445. The van der Waals surface area contributed by atoms with E-state index in [-0.39, 0.29) is 40.0 Å². The third kappa shape index (κ3) is 5.94. The molecule has 0 aliphatic heterocycles. The van der Waals surface area contributed by atoms with Gasteiger partial charge in [0.1, 0.15) is 0 Å². The van der Waals surface area contributed by atoms with Crippen LogP contribution in [0.4, 0.5) is 0 Å². The first-order chi connectivity index (χ1) is 6.95. The van der Waals surface area contributed by atoms with Gasteiger partial charge in [0.2, 0.25) is 0 Å². The van der Waals surface area contributed by atoms with Gasteiger partial charge in [0.15, 0.2) is 0 Å². The van der Waals surface area contributed by atoms with E-state index >= 15 is 0 Å². The van der Waals surface area contributed by atoms with Crippen LogP contribution in [0.1, 0.15) is 38.5 Å². The standard InChI is InChI=1S/C13H17S.BrH.Mg/c1-2-5-9-12(8-4-1)14-13-10-6-3-7-11-13;;/h3,6,10-12H,1-2,4-5,8-9H2;1H;/q-1;;+2/p-1. The molecule has 0 heterocycles. The van der Waals surface area contributed by atoms with Gasteiger partial charge in [-0.3, -0.25) is 0 Å². The van der Waals surface area contributed by atoms with Gasteiger partial charge in [-0.2, -0.15) is 42.1 Å². The van der Waals surface area contributed by atoms with Crippen LogP contribution in [0.5, 0.6) is 0 Å². The van der Waals surface area contributed by atoms with E-state index in [2.05, 4.69) is 24.3 Å². The molecule has 1 fully saturated rings. The molecule has 1 aromatic carbocycles. The molecule has 16 heavy (non-hydrogen) atoms. The van der Waals surface area contributed by atoms with Gasteiger partial charge in [-0.05, 0) is 18.1 Å². The first kappa shape index (κ1) is 16.8. The summed E-state index contributed by atoms with van der Waals surface area (Å²) in [6.07, 6.45) is 8.54. The molecule has 0 nitrogen and oxygen atoms in total. The average molecular weight is 310 g/mol. The van der Waals surface area contributed by atoms with E-state index in [0.29, 0.717) is 0 Å². The molecule has 0 spiro atoms. The number of hydrogen-bond donors (Lipinski definition) is 0. The first-order valence-electron chi connectivity index (χ1n) is 5.58. The summed E-state index contributed by atoms with van der Waals surface area (Å²) in [7, 11) is 0. The van der Waals surface area contributed by atoms with Gasteiger partial charge in [0.25, 0.3) is 0 Å². The number of hydrogen-bond acceptors (Lipinski definition) is 1. The van der Waals surface area contributed by atoms with Crippen LogP contribution in [0.2, 0.25) is 0 Å². The van der Waals surface area contributed by atoms with Crippen molar-refractivity contribution in [2.75, 3.05) is 0 Å². The SMILES string of the molecule is [Br-].[Mg+2].[c-]1cccc(SC2CCCCCC2)c1. The molecule has 0 radical (unpaired) electrons. The van der Waals surface area contributed by atoms with E-state index in [0.717, 1.165) is 5.25 Å². The van der Waals surface area contributed by atoms with E-state index in [4.69, 9.17) is 0 Å². The Labute approximate surface area is 130 Å². The zero-order valence-corrected chi connectivity index (χ0v) is 13.4. The Balaban J connectivity index is 0.00000112. The molecule has 0 unspecified atom stereocenters. The number of thioether (sulfide) groups is 1. The molecule has 1 saturated carbocycles. The van der Waals surface area contributed by atoms with Crippen molar-refractivity contribution in [3.8, 4) is 0 Å². The largest absolute Gasteiger partial charge is 2.00 e. The zero-order valence-electron chi connectivity index (χ0n) is 9.62. The van der Waals surface area contributed by atoms with Gasteiger partial charge in [-0.15, -0.1) is 4.90 Å². The fraction of sp³-hybridized carbons (Fsp3) is 0.538. The average Bonchev–Trinajstić information content (AvgIpc) is 2.48. The molecule has 0 aromatic heterocycles. The fourth-order valence-corrected chi connectivity index (χ4v) is 3.25. The summed E-state index contributed by atoms with van der Waals surface area (Å²) in [6, 6.07) is 11.5. The van der Waals surface area contributed by atoms with Crippen LogP contribution in [0.25, 0.3) is 0 Å². The third-order valence-corrected chi connectivity index (χ3v) is 4.11. The van der Waals surface area contributed by atoms with E-state index < -0.39 is 0 Å². The minimum absolute atomic E-state index is 0. The molecule has 0 saturated heterocycles. The monoisotopic (exact) mass is 308 g/mol. The molecule has 0 N–H and O–H groups in total. The van der Waals surface area contributed by atoms with Crippen molar-refractivity contribution in [2.45, 2.75) is 48.7 Å². The van der Waals surface area contributed by atoms with Gasteiger partial charge in [0, 0.05) is 0 Å².